The quantitative estimate of drug-likeness (QED) is 0.633. The SMILES string of the molecule is CC(O)(CNC(=O)c1cccc([N+](=O)[O-])c1)c1ccc2c(c1)OCO2. The van der Waals surface area contributed by atoms with Crippen LogP contribution in [0.1, 0.15) is 22.8 Å². The first-order chi connectivity index (χ1) is 11.9. The number of fused-ring (bicyclic) bond motifs is 1. The Kier molecular flexibility index (Phi) is 4.28. The van der Waals surface area contributed by atoms with Gasteiger partial charge in [-0.15, -0.1) is 0 Å². The number of benzene rings is 2. The minimum Gasteiger partial charge on any atom is -0.454 e. The lowest BCUT2D eigenvalue weighted by molar-refractivity contribution is -0.384. The average molecular weight is 344 g/mol. The summed E-state index contributed by atoms with van der Waals surface area (Å²) in [6.07, 6.45) is 0. The second kappa shape index (κ2) is 6.40. The monoisotopic (exact) mass is 344 g/mol. The molecule has 2 aromatic carbocycles. The van der Waals surface area contributed by atoms with Crippen molar-refractivity contribution in [3.8, 4) is 11.5 Å². The van der Waals surface area contributed by atoms with Crippen molar-refractivity contribution in [1.29, 1.82) is 0 Å². The van der Waals surface area contributed by atoms with Crippen LogP contribution in [0.15, 0.2) is 42.5 Å². The molecule has 130 valence electrons. The molecule has 0 saturated carbocycles. The van der Waals surface area contributed by atoms with Gasteiger partial charge in [-0.05, 0) is 30.7 Å². The summed E-state index contributed by atoms with van der Waals surface area (Å²) in [5.41, 5.74) is -0.820. The van der Waals surface area contributed by atoms with E-state index in [0.717, 1.165) is 0 Å². The fraction of sp³-hybridized carbons (Fsp3) is 0.235. The van der Waals surface area contributed by atoms with Gasteiger partial charge < -0.3 is 19.9 Å². The smallest absolute Gasteiger partial charge is 0.270 e. The van der Waals surface area contributed by atoms with Crippen LogP contribution in [0, 0.1) is 10.1 Å². The zero-order valence-electron chi connectivity index (χ0n) is 13.4. The summed E-state index contributed by atoms with van der Waals surface area (Å²) >= 11 is 0. The van der Waals surface area contributed by atoms with E-state index >= 15 is 0 Å². The van der Waals surface area contributed by atoms with Gasteiger partial charge in [-0.3, -0.25) is 14.9 Å². The Balaban J connectivity index is 1.70. The average Bonchev–Trinajstić information content (AvgIpc) is 3.07. The fourth-order valence-electron chi connectivity index (χ4n) is 2.45. The van der Waals surface area contributed by atoms with E-state index < -0.39 is 16.4 Å². The van der Waals surface area contributed by atoms with Crippen molar-refractivity contribution in [2.75, 3.05) is 13.3 Å². The molecule has 0 bridgehead atoms. The van der Waals surface area contributed by atoms with Gasteiger partial charge in [0.05, 0.1) is 11.5 Å². The van der Waals surface area contributed by atoms with Crippen molar-refractivity contribution >= 4 is 11.6 Å². The molecule has 0 aliphatic carbocycles. The first-order valence-corrected chi connectivity index (χ1v) is 7.52. The molecule has 1 aliphatic heterocycles. The highest BCUT2D eigenvalue weighted by Gasteiger charge is 2.27. The number of carbonyl (C=O) groups excluding carboxylic acids is 1. The van der Waals surface area contributed by atoms with E-state index in [2.05, 4.69) is 5.32 Å². The van der Waals surface area contributed by atoms with Gasteiger partial charge in [0.1, 0.15) is 5.60 Å². The number of rotatable bonds is 5. The van der Waals surface area contributed by atoms with Crippen molar-refractivity contribution < 1.29 is 24.3 Å². The molecule has 25 heavy (non-hydrogen) atoms. The molecule has 0 saturated heterocycles. The Morgan fingerprint density at radius 3 is 2.80 bits per heavy atom. The van der Waals surface area contributed by atoms with Gasteiger partial charge >= 0.3 is 0 Å². The van der Waals surface area contributed by atoms with E-state index in [0.29, 0.717) is 17.1 Å². The third kappa shape index (κ3) is 3.53. The molecular formula is C17H16N2O6. The molecular weight excluding hydrogens is 328 g/mol. The van der Waals surface area contributed by atoms with Crippen LogP contribution in [0.25, 0.3) is 0 Å². The van der Waals surface area contributed by atoms with E-state index in [4.69, 9.17) is 9.47 Å². The highest BCUT2D eigenvalue weighted by Crippen LogP contribution is 2.35. The third-order valence-electron chi connectivity index (χ3n) is 3.91. The van der Waals surface area contributed by atoms with Gasteiger partial charge in [0, 0.05) is 17.7 Å². The number of ether oxygens (including phenoxy) is 2. The number of carbonyl (C=O) groups is 1. The van der Waals surface area contributed by atoms with Gasteiger partial charge in [0.2, 0.25) is 6.79 Å². The van der Waals surface area contributed by atoms with Crippen LogP contribution in [0.3, 0.4) is 0 Å². The number of nitrogens with zero attached hydrogens (tertiary/aromatic N) is 1. The molecule has 8 heteroatoms. The first-order valence-electron chi connectivity index (χ1n) is 7.52. The summed E-state index contributed by atoms with van der Waals surface area (Å²) in [6, 6.07) is 10.4. The topological polar surface area (TPSA) is 111 Å². The number of aliphatic hydroxyl groups is 1. The normalized spacial score (nSPS) is 14.6. The Bertz CT molecular complexity index is 834. The van der Waals surface area contributed by atoms with E-state index in [1.54, 1.807) is 25.1 Å². The molecule has 0 radical (unpaired) electrons. The van der Waals surface area contributed by atoms with Crippen LogP contribution >= 0.6 is 0 Å². The summed E-state index contributed by atoms with van der Waals surface area (Å²) in [7, 11) is 0. The molecule has 1 unspecified atom stereocenters. The number of nitro groups is 1. The second-order valence-electron chi connectivity index (χ2n) is 5.83. The van der Waals surface area contributed by atoms with Gasteiger partial charge in [-0.25, -0.2) is 0 Å². The predicted molar refractivity (Wildman–Crippen MR) is 87.6 cm³/mol. The number of nitro benzene ring substituents is 1. The molecule has 0 fully saturated rings. The Hall–Kier alpha value is -3.13. The lowest BCUT2D eigenvalue weighted by Gasteiger charge is -2.24. The minimum absolute atomic E-state index is 0.0752. The zero-order chi connectivity index (χ0) is 18.0. The summed E-state index contributed by atoms with van der Waals surface area (Å²) in [5, 5.41) is 24.0. The van der Waals surface area contributed by atoms with E-state index in [1.165, 1.54) is 24.3 Å². The number of hydrogen-bond donors (Lipinski definition) is 2. The Morgan fingerprint density at radius 1 is 1.28 bits per heavy atom. The fourth-order valence-corrected chi connectivity index (χ4v) is 2.45. The highest BCUT2D eigenvalue weighted by atomic mass is 16.7. The van der Waals surface area contributed by atoms with Crippen molar-refractivity contribution in [2.45, 2.75) is 12.5 Å². The second-order valence-corrected chi connectivity index (χ2v) is 5.83. The summed E-state index contributed by atoms with van der Waals surface area (Å²) < 4.78 is 10.5. The maximum absolute atomic E-state index is 12.2. The van der Waals surface area contributed by atoms with Crippen molar-refractivity contribution in [3.63, 3.8) is 0 Å². The largest absolute Gasteiger partial charge is 0.454 e. The molecule has 0 aromatic heterocycles. The maximum atomic E-state index is 12.2. The predicted octanol–water partition coefficient (Wildman–Crippen LogP) is 1.96. The van der Waals surface area contributed by atoms with Crippen molar-refractivity contribution in [1.82, 2.24) is 5.32 Å². The maximum Gasteiger partial charge on any atom is 0.270 e. The van der Waals surface area contributed by atoms with Gasteiger partial charge in [0.15, 0.2) is 11.5 Å². The Morgan fingerprint density at radius 2 is 2.04 bits per heavy atom. The van der Waals surface area contributed by atoms with Gasteiger partial charge in [-0.2, -0.15) is 0 Å². The molecule has 1 heterocycles. The van der Waals surface area contributed by atoms with Crippen LogP contribution in [-0.4, -0.2) is 29.3 Å². The molecule has 0 spiro atoms. The van der Waals surface area contributed by atoms with Crippen LogP contribution in [0.4, 0.5) is 5.69 Å². The van der Waals surface area contributed by atoms with Crippen LogP contribution < -0.4 is 14.8 Å². The van der Waals surface area contributed by atoms with Crippen molar-refractivity contribution in [2.24, 2.45) is 0 Å². The lowest BCUT2D eigenvalue weighted by atomic mass is 9.95. The number of amides is 1. The van der Waals surface area contributed by atoms with Gasteiger partial charge in [0.25, 0.3) is 11.6 Å². The van der Waals surface area contributed by atoms with Crippen molar-refractivity contribution in [3.05, 3.63) is 63.7 Å². The van der Waals surface area contributed by atoms with Crippen LogP contribution in [-0.2, 0) is 5.60 Å². The molecule has 8 nitrogen and oxygen atoms in total. The molecule has 2 aromatic rings. The van der Waals surface area contributed by atoms with E-state index in [-0.39, 0.29) is 24.6 Å². The molecule has 1 atom stereocenters. The van der Waals surface area contributed by atoms with E-state index in [1.807, 2.05) is 0 Å². The van der Waals surface area contributed by atoms with E-state index in [9.17, 15) is 20.0 Å². The minimum atomic E-state index is -1.35. The Labute approximate surface area is 143 Å². The number of non-ortho nitro benzene ring substituents is 1. The summed E-state index contributed by atoms with van der Waals surface area (Å²) in [4.78, 5) is 22.4. The number of hydrogen-bond acceptors (Lipinski definition) is 6. The molecule has 1 aliphatic rings. The molecule has 1 amide bonds. The highest BCUT2D eigenvalue weighted by molar-refractivity contribution is 5.94. The molecule has 3 rings (SSSR count). The zero-order valence-corrected chi connectivity index (χ0v) is 13.4. The summed E-state index contributed by atoms with van der Waals surface area (Å²) in [5.74, 6) is 0.618. The first kappa shape index (κ1) is 16.7. The van der Waals surface area contributed by atoms with Crippen LogP contribution in [0.5, 0.6) is 11.5 Å². The van der Waals surface area contributed by atoms with Gasteiger partial charge in [-0.1, -0.05) is 12.1 Å². The lowest BCUT2D eigenvalue weighted by Crippen LogP contribution is -2.38. The molecule has 2 N–H and O–H groups in total. The summed E-state index contributed by atoms with van der Waals surface area (Å²) in [6.45, 7) is 1.61. The van der Waals surface area contributed by atoms with Crippen LogP contribution in [0.2, 0.25) is 0 Å². The number of nitrogens with one attached hydrogen (secondary N) is 1. The standard InChI is InChI=1S/C17H16N2O6/c1-17(21,12-5-6-14-15(8-12)25-10-24-14)9-18-16(20)11-3-2-4-13(7-11)19(22)23/h2-8,21H,9-10H2,1H3,(H,18,20). The third-order valence-corrected chi connectivity index (χ3v) is 3.91.